The van der Waals surface area contributed by atoms with Gasteiger partial charge in [-0.1, -0.05) is 26.8 Å². The summed E-state index contributed by atoms with van der Waals surface area (Å²) >= 11 is 0. The van der Waals surface area contributed by atoms with Gasteiger partial charge in [-0.25, -0.2) is 24.3 Å². The van der Waals surface area contributed by atoms with Crippen molar-refractivity contribution in [3.05, 3.63) is 53.9 Å². The molecule has 4 aromatic heterocycles. The third-order valence-electron chi connectivity index (χ3n) is 6.60. The summed E-state index contributed by atoms with van der Waals surface area (Å²) in [5.74, 6) is 0.317. The van der Waals surface area contributed by atoms with Gasteiger partial charge >= 0.3 is 0 Å². The average Bonchev–Trinajstić information content (AvgIpc) is 3.22. The van der Waals surface area contributed by atoms with E-state index in [2.05, 4.69) is 61.3 Å². The molecule has 1 fully saturated rings. The first-order valence-electron chi connectivity index (χ1n) is 12.7. The Labute approximate surface area is 221 Å². The highest BCUT2D eigenvalue weighted by atomic mass is 19.1. The van der Waals surface area contributed by atoms with Gasteiger partial charge in [-0.05, 0) is 17.7 Å². The third-order valence-corrected chi connectivity index (χ3v) is 6.60. The average molecular weight is 520 g/mol. The maximum atomic E-state index is 14.9. The summed E-state index contributed by atoms with van der Waals surface area (Å²) in [6, 6.07) is 6.14. The van der Waals surface area contributed by atoms with Crippen LogP contribution in [0.15, 0.2) is 36.8 Å². The Bertz CT molecular complexity index is 1410. The lowest BCUT2D eigenvalue weighted by molar-refractivity contribution is 0.112. The van der Waals surface area contributed by atoms with Gasteiger partial charge in [-0.3, -0.25) is 9.58 Å². The van der Waals surface area contributed by atoms with Gasteiger partial charge in [0.1, 0.15) is 11.5 Å². The van der Waals surface area contributed by atoms with Crippen molar-refractivity contribution in [3.8, 4) is 11.3 Å². The summed E-state index contributed by atoms with van der Waals surface area (Å²) in [6.45, 7) is 10.7. The van der Waals surface area contributed by atoms with Crippen LogP contribution in [0.2, 0.25) is 0 Å². The van der Waals surface area contributed by atoms with E-state index in [0.717, 1.165) is 49.0 Å². The van der Waals surface area contributed by atoms with Crippen molar-refractivity contribution in [1.29, 1.82) is 0 Å². The van der Waals surface area contributed by atoms with E-state index in [1.54, 1.807) is 13.3 Å². The van der Waals surface area contributed by atoms with Crippen molar-refractivity contribution >= 4 is 22.8 Å². The normalized spacial score (nSPS) is 16.7. The smallest absolute Gasteiger partial charge is 0.229 e. The Morgan fingerprint density at radius 3 is 2.74 bits per heavy atom. The number of nitrogens with one attached hydrogen (secondary N) is 2. The Morgan fingerprint density at radius 1 is 1.16 bits per heavy atom. The van der Waals surface area contributed by atoms with Crippen LogP contribution in [0.1, 0.15) is 32.0 Å². The first kappa shape index (κ1) is 26.1. The van der Waals surface area contributed by atoms with E-state index in [0.29, 0.717) is 29.7 Å². The number of pyridine rings is 2. The lowest BCUT2D eigenvalue weighted by Gasteiger charge is -2.33. The van der Waals surface area contributed by atoms with Crippen molar-refractivity contribution < 1.29 is 9.13 Å². The number of aromatic nitrogens is 6. The first-order chi connectivity index (χ1) is 18.2. The fraction of sp³-hybridized carbons (Fsp3) is 0.444. The molecular weight excluding hydrogens is 485 g/mol. The van der Waals surface area contributed by atoms with E-state index in [9.17, 15) is 4.39 Å². The molecule has 0 unspecified atom stereocenters. The van der Waals surface area contributed by atoms with Gasteiger partial charge in [-0.15, -0.1) is 0 Å². The molecule has 0 aliphatic carbocycles. The molecule has 0 bridgehead atoms. The predicted molar refractivity (Wildman–Crippen MR) is 145 cm³/mol. The van der Waals surface area contributed by atoms with Crippen LogP contribution in [-0.4, -0.2) is 74.0 Å². The second-order valence-electron chi connectivity index (χ2n) is 10.7. The van der Waals surface area contributed by atoms with E-state index < -0.39 is 5.82 Å². The zero-order chi connectivity index (χ0) is 26.9. The van der Waals surface area contributed by atoms with Gasteiger partial charge < -0.3 is 15.4 Å². The number of anilines is 2. The lowest BCUT2D eigenvalue weighted by Crippen LogP contribution is -2.52. The minimum absolute atomic E-state index is 0.158. The van der Waals surface area contributed by atoms with Crippen LogP contribution in [0.25, 0.3) is 22.3 Å². The molecule has 5 rings (SSSR count). The molecule has 5 heterocycles. The highest BCUT2D eigenvalue weighted by Gasteiger charge is 2.24. The third kappa shape index (κ3) is 5.64. The summed E-state index contributed by atoms with van der Waals surface area (Å²) in [5.41, 5.74) is 3.32. The lowest BCUT2D eigenvalue weighted by atomic mass is 9.89. The molecule has 0 amide bonds. The summed E-state index contributed by atoms with van der Waals surface area (Å²) in [6.07, 6.45) is 4.60. The van der Waals surface area contributed by atoms with Gasteiger partial charge in [-0.2, -0.15) is 5.10 Å². The van der Waals surface area contributed by atoms with Crippen LogP contribution < -0.4 is 10.6 Å². The molecule has 0 spiro atoms. The van der Waals surface area contributed by atoms with Gasteiger partial charge in [0.2, 0.25) is 5.95 Å². The Kier molecular flexibility index (Phi) is 7.33. The van der Waals surface area contributed by atoms with Crippen LogP contribution in [0.5, 0.6) is 0 Å². The van der Waals surface area contributed by atoms with Crippen LogP contribution in [0.4, 0.5) is 16.2 Å². The quantitative estimate of drug-likeness (QED) is 0.380. The van der Waals surface area contributed by atoms with Crippen LogP contribution >= 0.6 is 0 Å². The second kappa shape index (κ2) is 10.7. The van der Waals surface area contributed by atoms with Crippen LogP contribution in [0, 0.1) is 5.82 Å². The molecule has 1 saturated heterocycles. The Morgan fingerprint density at radius 2 is 2.00 bits per heavy atom. The van der Waals surface area contributed by atoms with Crippen molar-refractivity contribution in [2.75, 3.05) is 38.7 Å². The summed E-state index contributed by atoms with van der Waals surface area (Å²) in [5, 5.41) is 12.0. The van der Waals surface area contributed by atoms with Crippen LogP contribution in [-0.2, 0) is 23.7 Å². The Hall–Kier alpha value is -3.54. The summed E-state index contributed by atoms with van der Waals surface area (Å²) < 4.78 is 22.0. The number of hydrogen-bond acceptors (Lipinski definition) is 9. The minimum atomic E-state index is -0.524. The number of ether oxygens (including phenoxy) is 1. The number of aryl methyl sites for hydroxylation is 1. The van der Waals surface area contributed by atoms with Crippen molar-refractivity contribution in [2.45, 2.75) is 38.8 Å². The van der Waals surface area contributed by atoms with Crippen molar-refractivity contribution in [2.24, 2.45) is 7.05 Å². The number of piperazine rings is 1. The minimum Gasteiger partial charge on any atom is -0.383 e. The number of rotatable bonds is 7. The first-order valence-corrected chi connectivity index (χ1v) is 12.7. The molecule has 38 heavy (non-hydrogen) atoms. The molecular formula is C27H34FN9O. The molecule has 1 atom stereocenters. The molecule has 0 aromatic carbocycles. The molecule has 1 aliphatic heterocycles. The zero-order valence-electron chi connectivity index (χ0n) is 22.5. The highest BCUT2D eigenvalue weighted by Crippen LogP contribution is 2.32. The standard InChI is InChI=1S/C27H34FN9O/c1-27(2,3)24-20-10-18(12-31-25(20)35-36(24)4)23-21(28)13-32-26(34-23)33-22-7-6-17(11-30-22)14-37-9-8-29-19(15-37)16-38-5/h6-7,10-13,19,29H,8-9,14-16H2,1-5H3,(H,30,32,33,34)/t19-/m0/s1. The summed E-state index contributed by atoms with van der Waals surface area (Å²) in [4.78, 5) is 20.0. The zero-order valence-corrected chi connectivity index (χ0v) is 22.5. The number of nitrogens with zero attached hydrogens (tertiary/aromatic N) is 7. The number of methoxy groups -OCH3 is 1. The van der Waals surface area contributed by atoms with E-state index in [1.165, 1.54) is 0 Å². The fourth-order valence-corrected chi connectivity index (χ4v) is 5.04. The molecule has 11 heteroatoms. The van der Waals surface area contributed by atoms with Gasteiger partial charge in [0, 0.05) is 75.1 Å². The molecule has 200 valence electrons. The maximum Gasteiger partial charge on any atom is 0.229 e. The molecule has 4 aromatic rings. The van der Waals surface area contributed by atoms with Crippen LogP contribution in [0.3, 0.4) is 0 Å². The van der Waals surface area contributed by atoms with Crippen molar-refractivity contribution in [1.82, 2.24) is 39.9 Å². The van der Waals surface area contributed by atoms with E-state index in [1.807, 2.05) is 36.1 Å². The van der Waals surface area contributed by atoms with E-state index >= 15 is 0 Å². The second-order valence-corrected chi connectivity index (χ2v) is 10.7. The van der Waals surface area contributed by atoms with Gasteiger partial charge in [0.05, 0.1) is 18.5 Å². The highest BCUT2D eigenvalue weighted by molar-refractivity contribution is 5.83. The Balaban J connectivity index is 1.33. The monoisotopic (exact) mass is 519 g/mol. The number of halogens is 1. The topological polar surface area (TPSA) is 106 Å². The molecule has 1 aliphatic rings. The SMILES string of the molecule is COC[C@@H]1CN(Cc2ccc(Nc3ncc(F)c(-c4cnc5nn(C)c(C(C)(C)C)c5c4)n3)nc2)CCN1. The number of fused-ring (bicyclic) bond motifs is 1. The molecule has 0 radical (unpaired) electrons. The maximum absolute atomic E-state index is 14.9. The fourth-order valence-electron chi connectivity index (χ4n) is 5.04. The molecule has 2 N–H and O–H groups in total. The largest absolute Gasteiger partial charge is 0.383 e. The van der Waals surface area contributed by atoms with Crippen molar-refractivity contribution in [3.63, 3.8) is 0 Å². The van der Waals surface area contributed by atoms with Gasteiger partial charge in [0.25, 0.3) is 0 Å². The molecule has 0 saturated carbocycles. The number of hydrogen-bond donors (Lipinski definition) is 2. The summed E-state index contributed by atoms with van der Waals surface area (Å²) in [7, 11) is 3.62. The van der Waals surface area contributed by atoms with E-state index in [4.69, 9.17) is 4.74 Å². The molecule has 10 nitrogen and oxygen atoms in total. The predicted octanol–water partition coefficient (Wildman–Crippen LogP) is 3.42. The van der Waals surface area contributed by atoms with Gasteiger partial charge in [0.15, 0.2) is 11.5 Å². The van der Waals surface area contributed by atoms with E-state index in [-0.39, 0.29) is 17.1 Å².